The Morgan fingerprint density at radius 3 is 1.73 bits per heavy atom. The van der Waals surface area contributed by atoms with Crippen LogP contribution >= 0.6 is 0 Å². The highest BCUT2D eigenvalue weighted by molar-refractivity contribution is 5.82. The molecule has 0 bridgehead atoms. The van der Waals surface area contributed by atoms with Gasteiger partial charge in [-0.1, -0.05) is 113 Å². The molecule has 146 valence electrons. The zero-order valence-corrected chi connectivity index (χ0v) is 16.9. The van der Waals surface area contributed by atoms with Crippen LogP contribution in [0.4, 0.5) is 0 Å². The summed E-state index contributed by atoms with van der Waals surface area (Å²) in [6.45, 7) is 4.47. The number of unbranched alkanes of at least 4 members (excludes halogenated alkanes) is 9. The van der Waals surface area contributed by atoms with E-state index in [-0.39, 0.29) is 5.97 Å². The molecule has 0 saturated carbocycles. The molecule has 0 aliphatic heterocycles. The minimum atomic E-state index is -0.307. The fourth-order valence-corrected chi connectivity index (χ4v) is 2.46. The number of carbonyl (C=O) groups is 1. The van der Waals surface area contributed by atoms with Gasteiger partial charge in [-0.2, -0.15) is 0 Å². The highest BCUT2D eigenvalue weighted by atomic mass is 16.5. The maximum atomic E-state index is 11.0. The molecule has 0 amide bonds. The van der Waals surface area contributed by atoms with Crippen LogP contribution in [0.2, 0.25) is 0 Å². The van der Waals surface area contributed by atoms with E-state index in [2.05, 4.69) is 19.1 Å². The molecule has 0 aromatic carbocycles. The molecule has 26 heavy (non-hydrogen) atoms. The second-order valence-electron chi connectivity index (χ2n) is 6.31. The molecule has 0 fully saturated rings. The Labute approximate surface area is 161 Å². The van der Waals surface area contributed by atoms with Crippen molar-refractivity contribution in [3.63, 3.8) is 0 Å². The lowest BCUT2D eigenvalue weighted by atomic mass is 10.1. The van der Waals surface area contributed by atoms with Gasteiger partial charge in [0.25, 0.3) is 0 Å². The molecule has 0 aromatic rings. The second kappa shape index (κ2) is 21.2. The molecular weight excluding hydrogens is 320 g/mol. The molecule has 0 N–H and O–H groups in total. The average Bonchev–Trinajstić information content (AvgIpc) is 2.64. The van der Waals surface area contributed by atoms with Crippen molar-refractivity contribution >= 4 is 5.97 Å². The lowest BCUT2D eigenvalue weighted by Crippen LogP contribution is -1.98. The van der Waals surface area contributed by atoms with Crippen LogP contribution in [0.25, 0.3) is 0 Å². The molecule has 0 atom stereocenters. The molecule has 0 rings (SSSR count). The van der Waals surface area contributed by atoms with Crippen molar-refractivity contribution in [2.75, 3.05) is 6.61 Å². The predicted octanol–water partition coefficient (Wildman–Crippen LogP) is 7.25. The molecule has 0 saturated heterocycles. The Morgan fingerprint density at radius 2 is 1.15 bits per heavy atom. The fraction of sp³-hybridized carbons (Fsp3) is 0.542. The monoisotopic (exact) mass is 358 g/mol. The largest absolute Gasteiger partial charge is 0.463 e. The number of allylic oxidation sites excluding steroid dienone is 9. The maximum Gasteiger partial charge on any atom is 0.330 e. The van der Waals surface area contributed by atoms with E-state index in [1.54, 1.807) is 19.1 Å². The standard InChI is InChI=1S/C24H38O2/c1-3-5-6-7-8-9-10-11-12-13-14-15-16-17-18-19-20-21-22-23-24(25)26-4-2/h14-23H,3-13H2,1-2H3/b15-14-,17-16-,19-18-,21-20-,23-22-. The third kappa shape index (κ3) is 20.2. The van der Waals surface area contributed by atoms with E-state index < -0.39 is 0 Å². The van der Waals surface area contributed by atoms with Gasteiger partial charge in [0.05, 0.1) is 6.61 Å². The maximum absolute atomic E-state index is 11.0. The topological polar surface area (TPSA) is 26.3 Å². The van der Waals surface area contributed by atoms with Crippen LogP contribution in [-0.2, 0) is 9.53 Å². The first-order valence-corrected chi connectivity index (χ1v) is 10.3. The molecular formula is C24H38O2. The summed E-state index contributed by atoms with van der Waals surface area (Å²) in [5.41, 5.74) is 0. The van der Waals surface area contributed by atoms with E-state index >= 15 is 0 Å². The molecule has 2 nitrogen and oxygen atoms in total. The minimum Gasteiger partial charge on any atom is -0.463 e. The highest BCUT2D eigenvalue weighted by Crippen LogP contribution is 2.10. The highest BCUT2D eigenvalue weighted by Gasteiger charge is 1.91. The Kier molecular flexibility index (Phi) is 19.7. The molecule has 0 spiro atoms. The molecule has 0 aliphatic carbocycles. The van der Waals surface area contributed by atoms with Crippen molar-refractivity contribution < 1.29 is 9.53 Å². The predicted molar refractivity (Wildman–Crippen MR) is 114 cm³/mol. The molecule has 0 heterocycles. The van der Waals surface area contributed by atoms with Crippen molar-refractivity contribution in [2.45, 2.75) is 78.1 Å². The van der Waals surface area contributed by atoms with Gasteiger partial charge in [0, 0.05) is 6.08 Å². The van der Waals surface area contributed by atoms with Gasteiger partial charge >= 0.3 is 5.97 Å². The molecule has 0 radical (unpaired) electrons. The molecule has 2 heteroatoms. The van der Waals surface area contributed by atoms with E-state index in [0.717, 1.165) is 0 Å². The van der Waals surface area contributed by atoms with Crippen LogP contribution in [0.15, 0.2) is 60.8 Å². The minimum absolute atomic E-state index is 0.307. The Morgan fingerprint density at radius 1 is 0.654 bits per heavy atom. The summed E-state index contributed by atoms with van der Waals surface area (Å²) in [6, 6.07) is 0. The zero-order chi connectivity index (χ0) is 19.1. The quantitative estimate of drug-likeness (QED) is 0.126. The van der Waals surface area contributed by atoms with Crippen LogP contribution in [0.5, 0.6) is 0 Å². The molecule has 0 aliphatic rings. The number of rotatable bonds is 16. The summed E-state index contributed by atoms with van der Waals surface area (Å²) in [5, 5.41) is 0. The summed E-state index contributed by atoms with van der Waals surface area (Å²) in [4.78, 5) is 11.0. The van der Waals surface area contributed by atoms with Gasteiger partial charge < -0.3 is 4.74 Å². The average molecular weight is 359 g/mol. The van der Waals surface area contributed by atoms with Crippen LogP contribution in [0.3, 0.4) is 0 Å². The van der Waals surface area contributed by atoms with E-state index in [9.17, 15) is 4.79 Å². The Hall–Kier alpha value is -1.83. The van der Waals surface area contributed by atoms with E-state index in [4.69, 9.17) is 4.74 Å². The van der Waals surface area contributed by atoms with Gasteiger partial charge in [0.15, 0.2) is 0 Å². The summed E-state index contributed by atoms with van der Waals surface area (Å²) >= 11 is 0. The van der Waals surface area contributed by atoms with E-state index in [0.29, 0.717) is 6.61 Å². The summed E-state index contributed by atoms with van der Waals surface area (Å²) < 4.78 is 4.78. The number of esters is 1. The van der Waals surface area contributed by atoms with Crippen LogP contribution in [-0.4, -0.2) is 12.6 Å². The third-order valence-corrected chi connectivity index (χ3v) is 3.91. The van der Waals surface area contributed by atoms with Crippen molar-refractivity contribution in [2.24, 2.45) is 0 Å². The van der Waals surface area contributed by atoms with Crippen molar-refractivity contribution in [1.82, 2.24) is 0 Å². The van der Waals surface area contributed by atoms with E-state index in [1.165, 1.54) is 70.3 Å². The lowest BCUT2D eigenvalue weighted by molar-refractivity contribution is -0.137. The van der Waals surface area contributed by atoms with Crippen molar-refractivity contribution in [3.05, 3.63) is 60.8 Å². The van der Waals surface area contributed by atoms with E-state index in [1.807, 2.05) is 30.4 Å². The van der Waals surface area contributed by atoms with Crippen LogP contribution < -0.4 is 0 Å². The smallest absolute Gasteiger partial charge is 0.330 e. The van der Waals surface area contributed by atoms with Gasteiger partial charge in [-0.25, -0.2) is 4.79 Å². The first kappa shape index (κ1) is 24.2. The summed E-state index contributed by atoms with van der Waals surface area (Å²) in [6.07, 6.45) is 32.7. The van der Waals surface area contributed by atoms with Crippen molar-refractivity contribution in [3.8, 4) is 0 Å². The SMILES string of the molecule is CCCCCCCCCCC\C=C/C=C\C=C/C=C\C=C/C(=O)OCC. The number of hydrogen-bond donors (Lipinski definition) is 0. The normalized spacial score (nSPS) is 12.5. The van der Waals surface area contributed by atoms with Crippen molar-refractivity contribution in [1.29, 1.82) is 0 Å². The fourth-order valence-electron chi connectivity index (χ4n) is 2.46. The number of hydrogen-bond acceptors (Lipinski definition) is 2. The van der Waals surface area contributed by atoms with Gasteiger partial charge in [-0.15, -0.1) is 0 Å². The first-order valence-electron chi connectivity index (χ1n) is 10.3. The van der Waals surface area contributed by atoms with Gasteiger partial charge in [-0.3, -0.25) is 0 Å². The summed E-state index contributed by atoms with van der Waals surface area (Å²) in [7, 11) is 0. The first-order chi connectivity index (χ1) is 12.8. The zero-order valence-electron chi connectivity index (χ0n) is 16.9. The molecule has 0 aromatic heterocycles. The molecule has 0 unspecified atom stereocenters. The van der Waals surface area contributed by atoms with Crippen LogP contribution in [0, 0.1) is 0 Å². The van der Waals surface area contributed by atoms with Crippen LogP contribution in [0.1, 0.15) is 78.1 Å². The second-order valence-corrected chi connectivity index (χ2v) is 6.31. The van der Waals surface area contributed by atoms with Gasteiger partial charge in [0.1, 0.15) is 0 Å². The van der Waals surface area contributed by atoms with Gasteiger partial charge in [0.2, 0.25) is 0 Å². The number of carbonyl (C=O) groups excluding carboxylic acids is 1. The Balaban J connectivity index is 3.51. The Bertz CT molecular complexity index is 453. The summed E-state index contributed by atoms with van der Waals surface area (Å²) in [5.74, 6) is -0.307. The lowest BCUT2D eigenvalue weighted by Gasteiger charge is -2.00. The third-order valence-electron chi connectivity index (χ3n) is 3.91. The van der Waals surface area contributed by atoms with Gasteiger partial charge in [-0.05, 0) is 19.8 Å². The number of ether oxygens (including phenoxy) is 1.